The van der Waals surface area contributed by atoms with Crippen molar-refractivity contribution in [2.45, 2.75) is 19.4 Å². The number of carbonyl (C=O) groups excluding carboxylic acids is 2. The van der Waals surface area contributed by atoms with Gasteiger partial charge in [0.1, 0.15) is 6.04 Å². The van der Waals surface area contributed by atoms with Gasteiger partial charge in [-0.2, -0.15) is 0 Å². The number of nitrogens with two attached hydrogens (primary N) is 1. The van der Waals surface area contributed by atoms with Gasteiger partial charge in [0.25, 0.3) is 0 Å². The maximum absolute atomic E-state index is 11.9. The summed E-state index contributed by atoms with van der Waals surface area (Å²) in [5.41, 5.74) is 5.80. The topological polar surface area (TPSA) is 113 Å². The monoisotopic (exact) mass is 311 g/mol. The maximum atomic E-state index is 11.9. The van der Waals surface area contributed by atoms with Gasteiger partial charge in [-0.1, -0.05) is 18.5 Å². The molecular formula is C13H14ClN3O4. The summed E-state index contributed by atoms with van der Waals surface area (Å²) in [7, 11) is 0. The van der Waals surface area contributed by atoms with Crippen molar-refractivity contribution in [1.82, 2.24) is 5.32 Å². The third-order valence-electron chi connectivity index (χ3n) is 3.25. The normalized spacial score (nSPS) is 18.6. The molecule has 1 aromatic carbocycles. The molecule has 112 valence electrons. The molecule has 1 unspecified atom stereocenters. The van der Waals surface area contributed by atoms with Crippen LogP contribution in [0.25, 0.3) is 0 Å². The smallest absolute Gasteiger partial charge is 0.337 e. The molecule has 7 nitrogen and oxygen atoms in total. The second-order valence-electron chi connectivity index (χ2n) is 4.67. The first-order valence-corrected chi connectivity index (χ1v) is 6.65. The van der Waals surface area contributed by atoms with E-state index in [1.807, 2.05) is 0 Å². The number of amides is 2. The molecule has 1 saturated heterocycles. The van der Waals surface area contributed by atoms with Crippen molar-refractivity contribution in [3.05, 3.63) is 22.7 Å². The molecule has 1 fully saturated rings. The number of anilines is 2. The zero-order chi connectivity index (χ0) is 15.7. The van der Waals surface area contributed by atoms with Crippen LogP contribution in [0.5, 0.6) is 0 Å². The van der Waals surface area contributed by atoms with Crippen molar-refractivity contribution in [1.29, 1.82) is 0 Å². The fraction of sp³-hybridized carbons (Fsp3) is 0.308. The van der Waals surface area contributed by atoms with Gasteiger partial charge in [0, 0.05) is 5.69 Å². The summed E-state index contributed by atoms with van der Waals surface area (Å²) < 4.78 is 0. The molecule has 1 aliphatic heterocycles. The molecular weight excluding hydrogens is 298 g/mol. The molecule has 1 atom stereocenters. The van der Waals surface area contributed by atoms with E-state index in [4.69, 9.17) is 17.3 Å². The highest BCUT2D eigenvalue weighted by molar-refractivity contribution is 6.34. The molecule has 0 aliphatic carbocycles. The van der Waals surface area contributed by atoms with E-state index in [0.717, 1.165) is 0 Å². The van der Waals surface area contributed by atoms with Gasteiger partial charge in [-0.05, 0) is 18.6 Å². The molecule has 2 rings (SSSR count). The van der Waals surface area contributed by atoms with Crippen LogP contribution >= 0.6 is 11.6 Å². The summed E-state index contributed by atoms with van der Waals surface area (Å²) in [5, 5.41) is 11.6. The largest absolute Gasteiger partial charge is 0.478 e. The van der Waals surface area contributed by atoms with E-state index in [0.29, 0.717) is 6.42 Å². The Morgan fingerprint density at radius 1 is 1.52 bits per heavy atom. The Bertz CT molecular complexity index is 632. The lowest BCUT2D eigenvalue weighted by Gasteiger charge is -2.36. The Hall–Kier alpha value is -2.28. The van der Waals surface area contributed by atoms with E-state index in [9.17, 15) is 19.5 Å². The summed E-state index contributed by atoms with van der Waals surface area (Å²) >= 11 is 6.10. The third-order valence-corrected chi connectivity index (χ3v) is 3.53. The quantitative estimate of drug-likeness (QED) is 0.564. The minimum Gasteiger partial charge on any atom is -0.478 e. The minimum absolute atomic E-state index is 0.0911. The van der Waals surface area contributed by atoms with Gasteiger partial charge in [0.2, 0.25) is 11.8 Å². The third kappa shape index (κ3) is 2.78. The molecule has 0 spiro atoms. The fourth-order valence-corrected chi connectivity index (χ4v) is 2.72. The van der Waals surface area contributed by atoms with Crippen LogP contribution in [-0.2, 0) is 9.59 Å². The Morgan fingerprint density at radius 2 is 2.19 bits per heavy atom. The van der Waals surface area contributed by atoms with Crippen LogP contribution in [0.1, 0.15) is 23.7 Å². The highest BCUT2D eigenvalue weighted by atomic mass is 35.5. The average molecular weight is 312 g/mol. The van der Waals surface area contributed by atoms with Gasteiger partial charge < -0.3 is 15.7 Å². The second-order valence-corrected chi connectivity index (χ2v) is 5.08. The highest BCUT2D eigenvalue weighted by Crippen LogP contribution is 2.35. The van der Waals surface area contributed by atoms with Crippen molar-refractivity contribution in [2.75, 3.05) is 17.2 Å². The molecule has 0 bridgehead atoms. The minimum atomic E-state index is -1.23. The van der Waals surface area contributed by atoms with Crippen molar-refractivity contribution < 1.29 is 19.5 Å². The second kappa shape index (κ2) is 5.61. The van der Waals surface area contributed by atoms with Gasteiger partial charge in [0.15, 0.2) is 0 Å². The van der Waals surface area contributed by atoms with Crippen LogP contribution in [0, 0.1) is 0 Å². The van der Waals surface area contributed by atoms with E-state index in [2.05, 4.69) is 5.32 Å². The van der Waals surface area contributed by atoms with E-state index in [-0.39, 0.29) is 28.5 Å². The van der Waals surface area contributed by atoms with Gasteiger partial charge in [-0.3, -0.25) is 14.9 Å². The number of benzene rings is 1. The number of nitrogens with one attached hydrogen (secondary N) is 1. The lowest BCUT2D eigenvalue weighted by molar-refractivity contribution is -0.132. The molecule has 1 aromatic rings. The molecule has 1 aliphatic rings. The fourth-order valence-electron chi connectivity index (χ4n) is 2.38. The number of carboxylic acid groups (broad SMARTS) is 1. The van der Waals surface area contributed by atoms with Crippen LogP contribution in [0.4, 0.5) is 11.4 Å². The Kier molecular flexibility index (Phi) is 4.04. The number of carbonyl (C=O) groups is 3. The molecule has 2 amide bonds. The number of rotatable bonds is 3. The number of nitrogen functional groups attached to an aromatic ring is 1. The zero-order valence-corrected chi connectivity index (χ0v) is 12.0. The number of aromatic carboxylic acids is 1. The molecule has 21 heavy (non-hydrogen) atoms. The summed E-state index contributed by atoms with van der Waals surface area (Å²) in [4.78, 5) is 36.3. The van der Waals surface area contributed by atoms with Gasteiger partial charge >= 0.3 is 5.97 Å². The van der Waals surface area contributed by atoms with E-state index >= 15 is 0 Å². The number of hydrogen-bond donors (Lipinski definition) is 3. The number of nitrogens with zero attached hydrogens (tertiary/aromatic N) is 1. The molecule has 8 heteroatoms. The lowest BCUT2D eigenvalue weighted by atomic mass is 10.0. The molecule has 0 radical (unpaired) electrons. The van der Waals surface area contributed by atoms with E-state index in [1.54, 1.807) is 6.92 Å². The van der Waals surface area contributed by atoms with Gasteiger partial charge in [-0.25, -0.2) is 4.79 Å². The lowest BCUT2D eigenvalue weighted by Crippen LogP contribution is -2.58. The SMILES string of the molecule is CCC1C(=O)NC(=O)CN1c1c(Cl)cc(N)cc1C(=O)O. The number of hydrogen-bond acceptors (Lipinski definition) is 5. The van der Waals surface area contributed by atoms with E-state index < -0.39 is 23.8 Å². The summed E-state index contributed by atoms with van der Waals surface area (Å²) in [6, 6.07) is 1.99. The molecule has 0 saturated carbocycles. The van der Waals surface area contributed by atoms with Crippen molar-refractivity contribution in [3.63, 3.8) is 0 Å². The first-order valence-electron chi connectivity index (χ1n) is 6.27. The van der Waals surface area contributed by atoms with Crippen LogP contribution < -0.4 is 16.0 Å². The standard InChI is InChI=1S/C13H14ClN3O4/c1-2-9-12(19)16-10(18)5-17(9)11-7(13(20)21)3-6(15)4-8(11)14/h3-4,9H,2,5,15H2,1H3,(H,20,21)(H,16,18,19). The average Bonchev–Trinajstić information content (AvgIpc) is 2.36. The number of carboxylic acids is 1. The first kappa shape index (κ1) is 15.1. The number of imide groups is 1. The van der Waals surface area contributed by atoms with Crippen molar-refractivity contribution in [2.24, 2.45) is 0 Å². The van der Waals surface area contributed by atoms with Crippen LogP contribution in [0.2, 0.25) is 5.02 Å². The summed E-state index contributed by atoms with van der Waals surface area (Å²) in [5.74, 6) is -2.21. The molecule has 0 aromatic heterocycles. The maximum Gasteiger partial charge on any atom is 0.337 e. The Labute approximate surface area is 125 Å². The summed E-state index contributed by atoms with van der Waals surface area (Å²) in [6.07, 6.45) is 0.402. The zero-order valence-electron chi connectivity index (χ0n) is 11.2. The van der Waals surface area contributed by atoms with Gasteiger partial charge in [-0.15, -0.1) is 0 Å². The molecule has 4 N–H and O–H groups in total. The van der Waals surface area contributed by atoms with Crippen LogP contribution in [0.3, 0.4) is 0 Å². The van der Waals surface area contributed by atoms with Crippen LogP contribution in [0.15, 0.2) is 12.1 Å². The number of halogens is 1. The summed E-state index contributed by atoms with van der Waals surface area (Å²) in [6.45, 7) is 1.62. The molecule has 1 heterocycles. The highest BCUT2D eigenvalue weighted by Gasteiger charge is 2.35. The Balaban J connectivity index is 2.60. The first-order chi connectivity index (χ1) is 9.85. The Morgan fingerprint density at radius 3 is 2.76 bits per heavy atom. The van der Waals surface area contributed by atoms with Crippen LogP contribution in [-0.4, -0.2) is 35.5 Å². The van der Waals surface area contributed by atoms with Crippen molar-refractivity contribution in [3.8, 4) is 0 Å². The van der Waals surface area contributed by atoms with Gasteiger partial charge in [0.05, 0.1) is 22.8 Å². The predicted molar refractivity (Wildman–Crippen MR) is 77.4 cm³/mol. The van der Waals surface area contributed by atoms with Crippen molar-refractivity contribution >= 4 is 40.8 Å². The van der Waals surface area contributed by atoms with E-state index in [1.165, 1.54) is 17.0 Å². The predicted octanol–water partition coefficient (Wildman–Crippen LogP) is 0.862. The number of piperazine rings is 1.